The second kappa shape index (κ2) is 7.79. The van der Waals surface area contributed by atoms with Gasteiger partial charge in [0.2, 0.25) is 0 Å². The highest BCUT2D eigenvalue weighted by molar-refractivity contribution is 7.18. The Morgan fingerprint density at radius 1 is 1.19 bits per heavy atom. The molecule has 140 valence electrons. The summed E-state index contributed by atoms with van der Waals surface area (Å²) in [5.74, 6) is -0.891. The van der Waals surface area contributed by atoms with Crippen molar-refractivity contribution in [3.8, 4) is 0 Å². The van der Waals surface area contributed by atoms with E-state index in [4.69, 9.17) is 4.98 Å². The van der Waals surface area contributed by atoms with Crippen LogP contribution in [-0.4, -0.2) is 34.0 Å². The minimum atomic E-state index is -0.668. The average molecular weight is 381 g/mol. The van der Waals surface area contributed by atoms with Gasteiger partial charge in [-0.1, -0.05) is 43.3 Å². The Labute approximate surface area is 163 Å². The molecule has 2 aromatic carbocycles. The maximum atomic E-state index is 11.3. The number of benzene rings is 2. The summed E-state index contributed by atoms with van der Waals surface area (Å²) in [6, 6.07) is 17.1. The van der Waals surface area contributed by atoms with Crippen LogP contribution in [0.4, 0.5) is 0 Å². The second-order valence-electron chi connectivity index (χ2n) is 7.17. The summed E-state index contributed by atoms with van der Waals surface area (Å²) >= 11 is 1.74. The molecule has 1 aliphatic rings. The number of carboxylic acid groups (broad SMARTS) is 1. The number of fused-ring (bicyclic) bond motifs is 1. The fraction of sp³-hybridized carbons (Fsp3) is 0.364. The highest BCUT2D eigenvalue weighted by Crippen LogP contribution is 2.36. The SMILES string of the molecule is CCc1ccc(C(c2nc3ccccc3s2)N2CCC(C(=O)O)CC2)cc1. The number of piperidine rings is 1. The third-order valence-corrected chi connectivity index (χ3v) is 6.58. The second-order valence-corrected chi connectivity index (χ2v) is 8.23. The molecule has 2 heterocycles. The summed E-state index contributed by atoms with van der Waals surface area (Å²) in [4.78, 5) is 18.7. The zero-order valence-electron chi connectivity index (χ0n) is 15.5. The Bertz CT molecular complexity index is 894. The highest BCUT2D eigenvalue weighted by Gasteiger charge is 2.31. The van der Waals surface area contributed by atoms with Crippen molar-refractivity contribution in [2.45, 2.75) is 32.2 Å². The van der Waals surface area contributed by atoms with Crippen LogP contribution in [0.15, 0.2) is 48.5 Å². The first-order valence-electron chi connectivity index (χ1n) is 9.57. The lowest BCUT2D eigenvalue weighted by Gasteiger charge is -2.35. The van der Waals surface area contributed by atoms with E-state index < -0.39 is 5.97 Å². The Morgan fingerprint density at radius 3 is 2.52 bits per heavy atom. The van der Waals surface area contributed by atoms with Gasteiger partial charge < -0.3 is 5.11 Å². The summed E-state index contributed by atoms with van der Waals surface area (Å²) in [6.07, 6.45) is 2.42. The molecule has 1 atom stereocenters. The van der Waals surface area contributed by atoms with Gasteiger partial charge in [-0.05, 0) is 55.6 Å². The molecule has 27 heavy (non-hydrogen) atoms. The third kappa shape index (κ3) is 3.75. The van der Waals surface area contributed by atoms with Crippen molar-refractivity contribution in [2.24, 2.45) is 5.92 Å². The molecule has 1 N–H and O–H groups in total. The number of aromatic nitrogens is 1. The molecule has 1 unspecified atom stereocenters. The van der Waals surface area contributed by atoms with Crippen molar-refractivity contribution in [2.75, 3.05) is 13.1 Å². The van der Waals surface area contributed by atoms with E-state index in [0.29, 0.717) is 12.8 Å². The molecule has 4 rings (SSSR count). The number of aryl methyl sites for hydroxylation is 1. The van der Waals surface area contributed by atoms with Gasteiger partial charge in [0.15, 0.2) is 0 Å². The predicted molar refractivity (Wildman–Crippen MR) is 109 cm³/mol. The molecule has 0 bridgehead atoms. The van der Waals surface area contributed by atoms with Gasteiger partial charge in [0.25, 0.3) is 0 Å². The molecule has 1 aliphatic heterocycles. The molecule has 1 aromatic heterocycles. The number of rotatable bonds is 5. The van der Waals surface area contributed by atoms with Crippen LogP contribution < -0.4 is 0 Å². The molecule has 0 aliphatic carbocycles. The number of aliphatic carboxylic acids is 1. The van der Waals surface area contributed by atoms with Gasteiger partial charge in [-0.3, -0.25) is 9.69 Å². The molecular formula is C22H24N2O2S. The van der Waals surface area contributed by atoms with E-state index in [1.54, 1.807) is 11.3 Å². The number of para-hydroxylation sites is 1. The fourth-order valence-electron chi connectivity index (χ4n) is 3.86. The van der Waals surface area contributed by atoms with Crippen LogP contribution in [0.3, 0.4) is 0 Å². The first-order chi connectivity index (χ1) is 13.2. The maximum Gasteiger partial charge on any atom is 0.306 e. The minimum absolute atomic E-state index is 0.0862. The monoisotopic (exact) mass is 380 g/mol. The van der Waals surface area contributed by atoms with Gasteiger partial charge in [0.1, 0.15) is 5.01 Å². The lowest BCUT2D eigenvalue weighted by Crippen LogP contribution is -2.39. The van der Waals surface area contributed by atoms with Gasteiger partial charge >= 0.3 is 5.97 Å². The van der Waals surface area contributed by atoms with Crippen molar-refractivity contribution in [3.05, 3.63) is 64.7 Å². The van der Waals surface area contributed by atoms with Crippen LogP contribution >= 0.6 is 11.3 Å². The Morgan fingerprint density at radius 2 is 1.89 bits per heavy atom. The number of thiazole rings is 1. The van der Waals surface area contributed by atoms with E-state index in [1.807, 2.05) is 12.1 Å². The molecule has 0 radical (unpaired) electrons. The smallest absolute Gasteiger partial charge is 0.306 e. The van der Waals surface area contributed by atoms with Crippen LogP contribution in [0.5, 0.6) is 0 Å². The first-order valence-corrected chi connectivity index (χ1v) is 10.4. The topological polar surface area (TPSA) is 53.4 Å². The van der Waals surface area contributed by atoms with Crippen molar-refractivity contribution in [1.29, 1.82) is 0 Å². The van der Waals surface area contributed by atoms with Crippen molar-refractivity contribution in [3.63, 3.8) is 0 Å². The Kier molecular flexibility index (Phi) is 5.23. The van der Waals surface area contributed by atoms with Gasteiger partial charge in [-0.2, -0.15) is 0 Å². The van der Waals surface area contributed by atoms with Gasteiger partial charge in [-0.25, -0.2) is 4.98 Å². The van der Waals surface area contributed by atoms with Crippen LogP contribution in [-0.2, 0) is 11.2 Å². The number of hydrogen-bond acceptors (Lipinski definition) is 4. The van der Waals surface area contributed by atoms with Crippen LogP contribution in [0.1, 0.15) is 41.9 Å². The molecule has 1 saturated heterocycles. The lowest BCUT2D eigenvalue weighted by atomic mass is 9.94. The van der Waals surface area contributed by atoms with E-state index in [0.717, 1.165) is 30.0 Å². The van der Waals surface area contributed by atoms with E-state index in [9.17, 15) is 9.90 Å². The van der Waals surface area contributed by atoms with Crippen molar-refractivity contribution >= 4 is 27.5 Å². The number of hydrogen-bond donors (Lipinski definition) is 1. The van der Waals surface area contributed by atoms with E-state index >= 15 is 0 Å². The molecule has 0 amide bonds. The number of likely N-dealkylation sites (tertiary alicyclic amines) is 1. The zero-order chi connectivity index (χ0) is 18.8. The van der Waals surface area contributed by atoms with E-state index in [-0.39, 0.29) is 12.0 Å². The summed E-state index contributed by atoms with van der Waals surface area (Å²) in [5, 5.41) is 10.4. The molecule has 1 fully saturated rings. The molecule has 0 saturated carbocycles. The number of nitrogens with zero attached hydrogens (tertiary/aromatic N) is 2. The van der Waals surface area contributed by atoms with E-state index in [1.165, 1.54) is 15.8 Å². The quantitative estimate of drug-likeness (QED) is 0.694. The highest BCUT2D eigenvalue weighted by atomic mass is 32.1. The van der Waals surface area contributed by atoms with Crippen LogP contribution in [0.25, 0.3) is 10.2 Å². The fourth-order valence-corrected chi connectivity index (χ4v) is 4.99. The van der Waals surface area contributed by atoms with Crippen molar-refractivity contribution < 1.29 is 9.90 Å². The summed E-state index contributed by atoms with van der Waals surface area (Å²) in [5.41, 5.74) is 3.60. The van der Waals surface area contributed by atoms with Gasteiger partial charge in [-0.15, -0.1) is 11.3 Å². The van der Waals surface area contributed by atoms with E-state index in [2.05, 4.69) is 48.2 Å². The molecule has 3 aromatic rings. The lowest BCUT2D eigenvalue weighted by molar-refractivity contribution is -0.143. The number of carbonyl (C=O) groups is 1. The van der Waals surface area contributed by atoms with Crippen LogP contribution in [0, 0.1) is 5.92 Å². The summed E-state index contributed by atoms with van der Waals surface area (Å²) < 4.78 is 1.20. The molecule has 4 nitrogen and oxygen atoms in total. The predicted octanol–water partition coefficient (Wildman–Crippen LogP) is 4.74. The van der Waals surface area contributed by atoms with Crippen molar-refractivity contribution in [1.82, 2.24) is 9.88 Å². The van der Waals surface area contributed by atoms with Crippen LogP contribution in [0.2, 0.25) is 0 Å². The molecule has 0 spiro atoms. The number of carboxylic acids is 1. The molecule has 5 heteroatoms. The summed E-state index contributed by atoms with van der Waals surface area (Å²) in [6.45, 7) is 3.73. The zero-order valence-corrected chi connectivity index (χ0v) is 16.3. The van der Waals surface area contributed by atoms with Gasteiger partial charge in [0.05, 0.1) is 22.2 Å². The molecular weight excluding hydrogens is 356 g/mol. The average Bonchev–Trinajstić information content (AvgIpc) is 3.12. The summed E-state index contributed by atoms with van der Waals surface area (Å²) in [7, 11) is 0. The minimum Gasteiger partial charge on any atom is -0.481 e. The largest absolute Gasteiger partial charge is 0.481 e. The Hall–Kier alpha value is -2.24. The first kappa shape index (κ1) is 18.1. The third-order valence-electron chi connectivity index (χ3n) is 5.49. The van der Waals surface area contributed by atoms with Gasteiger partial charge in [0, 0.05) is 0 Å². The maximum absolute atomic E-state index is 11.3. The standard InChI is InChI=1S/C22H24N2O2S/c1-2-15-7-9-16(10-8-15)20(24-13-11-17(12-14-24)22(25)26)21-23-18-5-3-4-6-19(18)27-21/h3-10,17,20H,2,11-14H2,1H3,(H,25,26). The normalized spacial score (nSPS) is 17.2. The Balaban J connectivity index is 1.69.